The maximum absolute atomic E-state index is 5.95. The second kappa shape index (κ2) is 4.44. The van der Waals surface area contributed by atoms with Gasteiger partial charge in [0.2, 0.25) is 0 Å². The Labute approximate surface area is 101 Å². The molecule has 0 spiro atoms. The number of hydrogen-bond donors (Lipinski definition) is 1. The van der Waals surface area contributed by atoms with Crippen LogP contribution in [0.5, 0.6) is 0 Å². The zero-order valence-corrected chi connectivity index (χ0v) is 10.9. The number of hydrogen-bond acceptors (Lipinski definition) is 2. The minimum Gasteiger partial charge on any atom is -0.314 e. The second-order valence-electron chi connectivity index (χ2n) is 4.52. The van der Waals surface area contributed by atoms with Crippen LogP contribution in [0.2, 0.25) is 4.34 Å². The molecule has 0 aromatic carbocycles. The lowest BCUT2D eigenvalue weighted by atomic mass is 9.93. The largest absolute Gasteiger partial charge is 0.314 e. The summed E-state index contributed by atoms with van der Waals surface area (Å²) in [7, 11) is 0. The van der Waals surface area contributed by atoms with Gasteiger partial charge in [-0.25, -0.2) is 0 Å². The van der Waals surface area contributed by atoms with Gasteiger partial charge in [0.05, 0.1) is 4.34 Å². The Kier molecular flexibility index (Phi) is 3.39. The van der Waals surface area contributed by atoms with E-state index in [9.17, 15) is 0 Å². The minimum atomic E-state index is 0.518. The van der Waals surface area contributed by atoms with Crippen molar-refractivity contribution in [3.63, 3.8) is 0 Å². The molecule has 1 atom stereocenters. The lowest BCUT2D eigenvalue weighted by molar-refractivity contribution is 0.357. The van der Waals surface area contributed by atoms with E-state index in [0.29, 0.717) is 11.5 Å². The lowest BCUT2D eigenvalue weighted by Gasteiger charge is -2.23. The van der Waals surface area contributed by atoms with E-state index >= 15 is 0 Å². The Morgan fingerprint density at radius 3 is 2.73 bits per heavy atom. The van der Waals surface area contributed by atoms with Gasteiger partial charge in [0.1, 0.15) is 0 Å². The van der Waals surface area contributed by atoms with E-state index in [0.717, 1.165) is 10.9 Å². The molecule has 1 heterocycles. The summed E-state index contributed by atoms with van der Waals surface area (Å²) in [6, 6.07) is 4.81. The molecule has 0 aliphatic heterocycles. The average Bonchev–Trinajstić information content (AvgIpc) is 2.86. The summed E-state index contributed by atoms with van der Waals surface area (Å²) in [6.45, 7) is 5.55. The van der Waals surface area contributed by atoms with E-state index in [1.54, 1.807) is 11.3 Å². The fraction of sp³-hybridized carbons (Fsp3) is 0.667. The molecule has 1 N–H and O–H groups in total. The molecule has 15 heavy (non-hydrogen) atoms. The van der Waals surface area contributed by atoms with Crippen LogP contribution in [0.25, 0.3) is 0 Å². The molecule has 2 rings (SSSR count). The van der Waals surface area contributed by atoms with Crippen LogP contribution in [0.15, 0.2) is 12.1 Å². The molecule has 3 heteroatoms. The van der Waals surface area contributed by atoms with E-state index < -0.39 is 0 Å². The zero-order valence-electron chi connectivity index (χ0n) is 9.35. The highest BCUT2D eigenvalue weighted by molar-refractivity contribution is 7.16. The molecule has 1 fully saturated rings. The Hall–Kier alpha value is -0.0500. The van der Waals surface area contributed by atoms with Gasteiger partial charge in [-0.2, -0.15) is 0 Å². The monoisotopic (exact) mass is 243 g/mol. The molecular weight excluding hydrogens is 226 g/mol. The Morgan fingerprint density at radius 2 is 2.27 bits per heavy atom. The van der Waals surface area contributed by atoms with Crippen LogP contribution in [0.1, 0.15) is 31.6 Å². The van der Waals surface area contributed by atoms with Crippen molar-refractivity contribution in [3.8, 4) is 0 Å². The molecule has 0 radical (unpaired) electrons. The summed E-state index contributed by atoms with van der Waals surface area (Å²) in [5.74, 6) is 0. The van der Waals surface area contributed by atoms with Crippen molar-refractivity contribution < 1.29 is 0 Å². The van der Waals surface area contributed by atoms with Crippen molar-refractivity contribution in [1.82, 2.24) is 5.32 Å². The third kappa shape index (κ3) is 2.55. The Balaban J connectivity index is 1.99. The third-order valence-corrected chi connectivity index (χ3v) is 4.71. The van der Waals surface area contributed by atoms with Crippen molar-refractivity contribution in [2.24, 2.45) is 5.41 Å². The molecule has 84 valence electrons. The summed E-state index contributed by atoms with van der Waals surface area (Å²) < 4.78 is 0.914. The van der Waals surface area contributed by atoms with Crippen LogP contribution in [-0.2, 0) is 6.42 Å². The van der Waals surface area contributed by atoms with Crippen molar-refractivity contribution in [3.05, 3.63) is 21.3 Å². The average molecular weight is 244 g/mol. The van der Waals surface area contributed by atoms with Gasteiger partial charge < -0.3 is 5.32 Å². The topological polar surface area (TPSA) is 12.0 Å². The summed E-state index contributed by atoms with van der Waals surface area (Å²) in [6.07, 6.45) is 3.91. The summed E-state index contributed by atoms with van der Waals surface area (Å²) >= 11 is 7.68. The highest BCUT2D eigenvalue weighted by Gasteiger charge is 2.46. The highest BCUT2D eigenvalue weighted by Crippen LogP contribution is 2.52. The van der Waals surface area contributed by atoms with Gasteiger partial charge in [0.25, 0.3) is 0 Å². The van der Waals surface area contributed by atoms with E-state index in [-0.39, 0.29) is 0 Å². The first-order valence-corrected chi connectivity index (χ1v) is 6.83. The van der Waals surface area contributed by atoms with Crippen LogP contribution < -0.4 is 5.32 Å². The van der Waals surface area contributed by atoms with Crippen molar-refractivity contribution >= 4 is 22.9 Å². The maximum atomic E-state index is 5.95. The van der Waals surface area contributed by atoms with E-state index in [4.69, 9.17) is 11.6 Å². The molecule has 0 bridgehead atoms. The number of rotatable bonds is 5. The number of halogens is 1. The predicted molar refractivity (Wildman–Crippen MR) is 67.8 cm³/mol. The standard InChI is InChI=1S/C12H18ClNS/c1-3-14-9(2)12(6-7-12)8-10-4-5-11(13)15-10/h4-5,9,14H,3,6-8H2,1-2H3. The number of nitrogens with one attached hydrogen (secondary N) is 1. The van der Waals surface area contributed by atoms with E-state index in [1.807, 2.05) is 6.07 Å². The van der Waals surface area contributed by atoms with E-state index in [2.05, 4.69) is 25.2 Å². The molecule has 1 unspecified atom stereocenters. The maximum Gasteiger partial charge on any atom is 0.0931 e. The molecule has 1 saturated carbocycles. The zero-order chi connectivity index (χ0) is 10.9. The van der Waals surface area contributed by atoms with Gasteiger partial charge in [-0.05, 0) is 50.3 Å². The molecule has 0 saturated heterocycles. The fourth-order valence-corrected chi connectivity index (χ4v) is 3.48. The first-order chi connectivity index (χ1) is 7.16. The van der Waals surface area contributed by atoms with Crippen molar-refractivity contribution in [1.29, 1.82) is 0 Å². The third-order valence-electron chi connectivity index (χ3n) is 3.48. The predicted octanol–water partition coefficient (Wildman–Crippen LogP) is 3.72. The molecule has 0 amide bonds. The first-order valence-electron chi connectivity index (χ1n) is 5.64. The van der Waals surface area contributed by atoms with Gasteiger partial charge in [-0.1, -0.05) is 18.5 Å². The summed E-state index contributed by atoms with van der Waals surface area (Å²) in [5.41, 5.74) is 0.518. The quantitative estimate of drug-likeness (QED) is 0.831. The van der Waals surface area contributed by atoms with Crippen LogP contribution in [0.3, 0.4) is 0 Å². The molecule has 1 aromatic heterocycles. The fourth-order valence-electron chi connectivity index (χ4n) is 2.24. The Morgan fingerprint density at radius 1 is 1.53 bits per heavy atom. The SMILES string of the molecule is CCNC(C)C1(Cc2ccc(Cl)s2)CC1. The van der Waals surface area contributed by atoms with E-state index in [1.165, 1.54) is 24.1 Å². The molecular formula is C12H18ClNS. The Bertz CT molecular complexity index is 330. The van der Waals surface area contributed by atoms with Crippen LogP contribution >= 0.6 is 22.9 Å². The van der Waals surface area contributed by atoms with Crippen LogP contribution in [0, 0.1) is 5.41 Å². The lowest BCUT2D eigenvalue weighted by Crippen LogP contribution is -2.35. The normalized spacial score (nSPS) is 20.2. The van der Waals surface area contributed by atoms with Gasteiger partial charge in [-0.3, -0.25) is 0 Å². The molecule has 1 aromatic rings. The van der Waals surface area contributed by atoms with Gasteiger partial charge in [0.15, 0.2) is 0 Å². The smallest absolute Gasteiger partial charge is 0.0931 e. The van der Waals surface area contributed by atoms with Gasteiger partial charge >= 0.3 is 0 Å². The van der Waals surface area contributed by atoms with Crippen LogP contribution in [-0.4, -0.2) is 12.6 Å². The van der Waals surface area contributed by atoms with Crippen LogP contribution in [0.4, 0.5) is 0 Å². The van der Waals surface area contributed by atoms with Gasteiger partial charge in [-0.15, -0.1) is 11.3 Å². The molecule has 1 aliphatic rings. The summed E-state index contributed by atoms with van der Waals surface area (Å²) in [5, 5.41) is 3.55. The van der Waals surface area contributed by atoms with Gasteiger partial charge in [0, 0.05) is 10.9 Å². The second-order valence-corrected chi connectivity index (χ2v) is 6.32. The van der Waals surface area contributed by atoms with Crippen molar-refractivity contribution in [2.75, 3.05) is 6.54 Å². The number of thiophene rings is 1. The first kappa shape index (κ1) is 11.4. The molecule has 1 aliphatic carbocycles. The minimum absolute atomic E-state index is 0.518. The highest BCUT2D eigenvalue weighted by atomic mass is 35.5. The van der Waals surface area contributed by atoms with Crippen molar-refractivity contribution in [2.45, 2.75) is 39.2 Å². The summed E-state index contributed by atoms with van der Waals surface area (Å²) in [4.78, 5) is 1.43. The molecule has 1 nitrogen and oxygen atoms in total.